The minimum absolute atomic E-state index is 0.272. The number of thiophene rings is 1. The lowest BCUT2D eigenvalue weighted by Crippen LogP contribution is -2.19. The Morgan fingerprint density at radius 3 is 2.88 bits per heavy atom. The normalized spacial score (nSPS) is 10.2. The van der Waals surface area contributed by atoms with Crippen LogP contribution in [0.2, 0.25) is 0 Å². The maximum absolute atomic E-state index is 11.8. The molecule has 0 saturated heterocycles. The van der Waals surface area contributed by atoms with Crippen LogP contribution in [-0.4, -0.2) is 21.4 Å². The zero-order valence-electron chi connectivity index (χ0n) is 9.01. The number of aryl methyl sites for hydroxylation is 1. The Bertz CT molecular complexity index is 572. The van der Waals surface area contributed by atoms with E-state index >= 15 is 0 Å². The van der Waals surface area contributed by atoms with Crippen molar-refractivity contribution in [3.8, 4) is 0 Å². The van der Waals surface area contributed by atoms with Crippen LogP contribution in [0.25, 0.3) is 0 Å². The Morgan fingerprint density at radius 1 is 1.53 bits per heavy atom. The van der Waals surface area contributed by atoms with Crippen LogP contribution in [0.5, 0.6) is 0 Å². The van der Waals surface area contributed by atoms with Crippen LogP contribution in [0.4, 0.5) is 5.00 Å². The van der Waals surface area contributed by atoms with E-state index < -0.39 is 5.91 Å². The summed E-state index contributed by atoms with van der Waals surface area (Å²) in [5.41, 5.74) is 5.48. The number of nitrogens with one attached hydrogen (secondary N) is 1. The van der Waals surface area contributed by atoms with Crippen LogP contribution >= 0.6 is 11.3 Å². The van der Waals surface area contributed by atoms with Crippen molar-refractivity contribution in [3.05, 3.63) is 35.2 Å². The van der Waals surface area contributed by atoms with Gasteiger partial charge < -0.3 is 15.6 Å². The Kier molecular flexibility index (Phi) is 2.92. The molecule has 2 rings (SSSR count). The lowest BCUT2D eigenvalue weighted by atomic mass is 10.3. The number of carbonyl (C=O) groups is 2. The molecule has 2 aromatic heterocycles. The maximum atomic E-state index is 11.8. The van der Waals surface area contributed by atoms with E-state index in [0.29, 0.717) is 10.6 Å². The van der Waals surface area contributed by atoms with Gasteiger partial charge >= 0.3 is 0 Å². The van der Waals surface area contributed by atoms with E-state index in [-0.39, 0.29) is 11.7 Å². The van der Waals surface area contributed by atoms with E-state index in [1.165, 1.54) is 17.5 Å². The molecule has 17 heavy (non-hydrogen) atoms. The van der Waals surface area contributed by atoms with Gasteiger partial charge in [-0.25, -0.2) is 4.98 Å². The zero-order valence-corrected chi connectivity index (χ0v) is 9.82. The predicted octanol–water partition coefficient (Wildman–Crippen LogP) is 0.833. The Morgan fingerprint density at radius 2 is 2.29 bits per heavy atom. The molecule has 7 heteroatoms. The second-order valence-electron chi connectivity index (χ2n) is 3.34. The van der Waals surface area contributed by atoms with Crippen molar-refractivity contribution in [2.45, 2.75) is 0 Å². The molecule has 6 nitrogen and oxygen atoms in total. The smallest absolute Gasteiger partial charge is 0.292 e. The molecule has 0 fully saturated rings. The number of hydrogen-bond acceptors (Lipinski definition) is 4. The Balaban J connectivity index is 2.22. The fourth-order valence-electron chi connectivity index (χ4n) is 1.34. The van der Waals surface area contributed by atoms with Gasteiger partial charge in [0.1, 0.15) is 5.00 Å². The highest BCUT2D eigenvalue weighted by molar-refractivity contribution is 7.14. The fourth-order valence-corrected chi connectivity index (χ4v) is 2.13. The minimum Gasteiger partial charge on any atom is -0.366 e. The first-order valence-electron chi connectivity index (χ1n) is 4.75. The molecule has 0 saturated carbocycles. The number of amides is 2. The number of hydrogen-bond donors (Lipinski definition) is 2. The van der Waals surface area contributed by atoms with Crippen molar-refractivity contribution in [1.29, 1.82) is 0 Å². The van der Waals surface area contributed by atoms with Crippen molar-refractivity contribution in [1.82, 2.24) is 9.55 Å². The van der Waals surface area contributed by atoms with Gasteiger partial charge in [-0.1, -0.05) is 0 Å². The van der Waals surface area contributed by atoms with Crippen molar-refractivity contribution in [3.63, 3.8) is 0 Å². The Labute approximate surface area is 101 Å². The molecule has 0 atom stereocenters. The van der Waals surface area contributed by atoms with E-state index in [1.807, 2.05) is 0 Å². The van der Waals surface area contributed by atoms with E-state index in [2.05, 4.69) is 10.3 Å². The maximum Gasteiger partial charge on any atom is 0.292 e. The van der Waals surface area contributed by atoms with Gasteiger partial charge in [0, 0.05) is 19.4 Å². The SMILES string of the molecule is Cn1ccnc1C(=O)Nc1sccc1C(N)=O. The van der Waals surface area contributed by atoms with E-state index in [1.54, 1.807) is 29.3 Å². The topological polar surface area (TPSA) is 90.0 Å². The highest BCUT2D eigenvalue weighted by atomic mass is 32.1. The van der Waals surface area contributed by atoms with Gasteiger partial charge in [-0.05, 0) is 11.4 Å². The van der Waals surface area contributed by atoms with Gasteiger partial charge in [0.2, 0.25) is 0 Å². The van der Waals surface area contributed by atoms with Gasteiger partial charge in [0.15, 0.2) is 5.82 Å². The zero-order chi connectivity index (χ0) is 12.4. The van der Waals surface area contributed by atoms with Crippen LogP contribution in [0.15, 0.2) is 23.8 Å². The monoisotopic (exact) mass is 250 g/mol. The molecule has 0 aliphatic rings. The third kappa shape index (κ3) is 2.18. The average Bonchev–Trinajstić information content (AvgIpc) is 2.86. The van der Waals surface area contributed by atoms with Gasteiger partial charge in [0.25, 0.3) is 11.8 Å². The quantitative estimate of drug-likeness (QED) is 0.845. The molecule has 2 heterocycles. The minimum atomic E-state index is -0.568. The molecule has 0 unspecified atom stereocenters. The molecule has 88 valence electrons. The summed E-state index contributed by atoms with van der Waals surface area (Å²) in [4.78, 5) is 26.8. The predicted molar refractivity (Wildman–Crippen MR) is 64.0 cm³/mol. The van der Waals surface area contributed by atoms with E-state index in [4.69, 9.17) is 5.73 Å². The lowest BCUT2D eigenvalue weighted by Gasteiger charge is -2.04. The first kappa shape index (κ1) is 11.3. The molecule has 2 aromatic rings. The van der Waals surface area contributed by atoms with Crippen molar-refractivity contribution in [2.75, 3.05) is 5.32 Å². The summed E-state index contributed by atoms with van der Waals surface area (Å²) >= 11 is 1.24. The summed E-state index contributed by atoms with van der Waals surface area (Å²) < 4.78 is 1.59. The number of nitrogens with two attached hydrogens (primary N) is 1. The van der Waals surface area contributed by atoms with Crippen molar-refractivity contribution >= 4 is 28.2 Å². The summed E-state index contributed by atoms with van der Waals surface area (Å²) in [6.45, 7) is 0. The second-order valence-corrected chi connectivity index (χ2v) is 4.26. The molecular weight excluding hydrogens is 240 g/mol. The van der Waals surface area contributed by atoms with Crippen LogP contribution in [0, 0.1) is 0 Å². The first-order chi connectivity index (χ1) is 8.09. The highest BCUT2D eigenvalue weighted by Gasteiger charge is 2.15. The third-order valence-corrected chi connectivity index (χ3v) is 3.01. The van der Waals surface area contributed by atoms with Crippen molar-refractivity contribution < 1.29 is 9.59 Å². The highest BCUT2D eigenvalue weighted by Crippen LogP contribution is 2.23. The summed E-state index contributed by atoms with van der Waals surface area (Å²) in [6.07, 6.45) is 3.19. The number of aromatic nitrogens is 2. The van der Waals surface area contributed by atoms with Crippen LogP contribution in [-0.2, 0) is 7.05 Å². The molecule has 0 aromatic carbocycles. The van der Waals surface area contributed by atoms with E-state index in [0.717, 1.165) is 0 Å². The summed E-state index contributed by atoms with van der Waals surface area (Å²) in [5.74, 6) is -0.669. The lowest BCUT2D eigenvalue weighted by molar-refractivity contribution is 0.100. The number of rotatable bonds is 3. The fraction of sp³-hybridized carbons (Fsp3) is 0.100. The molecule has 3 N–H and O–H groups in total. The summed E-state index contributed by atoms with van der Waals surface area (Å²) in [5, 5.41) is 4.73. The molecule has 0 aliphatic carbocycles. The number of anilines is 1. The van der Waals surface area contributed by atoms with Gasteiger partial charge in [-0.3, -0.25) is 9.59 Å². The molecule has 0 bridgehead atoms. The molecule has 0 spiro atoms. The van der Waals surface area contributed by atoms with Crippen LogP contribution in [0.3, 0.4) is 0 Å². The van der Waals surface area contributed by atoms with Crippen molar-refractivity contribution in [2.24, 2.45) is 12.8 Å². The van der Waals surface area contributed by atoms with Crippen LogP contribution < -0.4 is 11.1 Å². The van der Waals surface area contributed by atoms with Gasteiger partial charge in [0.05, 0.1) is 5.56 Å². The molecule has 0 aliphatic heterocycles. The largest absolute Gasteiger partial charge is 0.366 e. The number of primary amides is 1. The average molecular weight is 250 g/mol. The Hall–Kier alpha value is -2.15. The second kappa shape index (κ2) is 4.38. The standard InChI is InChI=1S/C10H10N4O2S/c1-14-4-3-12-8(14)9(16)13-10-6(7(11)15)2-5-17-10/h2-5H,1H3,(H2,11,15)(H,13,16). The summed E-state index contributed by atoms with van der Waals surface area (Å²) in [6, 6.07) is 1.57. The molecule has 0 radical (unpaired) electrons. The molecule has 2 amide bonds. The van der Waals surface area contributed by atoms with Gasteiger partial charge in [-0.15, -0.1) is 11.3 Å². The first-order valence-corrected chi connectivity index (χ1v) is 5.63. The number of carbonyl (C=O) groups excluding carboxylic acids is 2. The van der Waals surface area contributed by atoms with Crippen LogP contribution in [0.1, 0.15) is 21.0 Å². The summed E-state index contributed by atoms with van der Waals surface area (Å²) in [7, 11) is 1.71. The molecular formula is C10H10N4O2S. The van der Waals surface area contributed by atoms with Gasteiger partial charge in [-0.2, -0.15) is 0 Å². The third-order valence-electron chi connectivity index (χ3n) is 2.18. The number of imidazole rings is 1. The number of nitrogens with zero attached hydrogens (tertiary/aromatic N) is 2. The van der Waals surface area contributed by atoms with E-state index in [9.17, 15) is 9.59 Å².